The molecule has 0 aliphatic heterocycles. The molecule has 0 fully saturated rings. The first kappa shape index (κ1) is 23.2. The number of H-pyrrole nitrogens is 1. The van der Waals surface area contributed by atoms with Crippen molar-refractivity contribution in [2.45, 2.75) is 6.42 Å². The monoisotopic (exact) mass is 481 g/mol. The standard InChI is InChI=1S/C28H27N5O3/c1-33-23-14-13-18(27(34)36-2)17-21(23)25(24-20-11-6-7-12-22(20)32-26(24)33)29-15-8-16-30-28(35)31-19-9-4-3-5-10-19/h3-7,9-14,17,32H,8,15-16H2,1-2H3,(H2,30,31,35). The van der Waals surface area contributed by atoms with Crippen molar-refractivity contribution >= 4 is 50.5 Å². The second-order valence-corrected chi connectivity index (χ2v) is 8.51. The maximum atomic E-state index is 12.3. The lowest BCUT2D eigenvalue weighted by Gasteiger charge is -2.11. The molecule has 5 aromatic rings. The number of hydrogen-bond donors (Lipinski definition) is 3. The van der Waals surface area contributed by atoms with Crippen molar-refractivity contribution in [2.75, 3.05) is 25.5 Å². The Hall–Kier alpha value is -4.59. The first-order valence-electron chi connectivity index (χ1n) is 11.8. The third kappa shape index (κ3) is 4.40. The van der Waals surface area contributed by atoms with E-state index in [0.29, 0.717) is 25.1 Å². The van der Waals surface area contributed by atoms with Gasteiger partial charge in [0, 0.05) is 42.1 Å². The maximum Gasteiger partial charge on any atom is 0.337 e. The first-order valence-corrected chi connectivity index (χ1v) is 11.8. The van der Waals surface area contributed by atoms with E-state index in [2.05, 4.69) is 26.3 Å². The summed E-state index contributed by atoms with van der Waals surface area (Å²) in [5.41, 5.74) is 4.13. The quantitative estimate of drug-likeness (QED) is 0.242. The van der Waals surface area contributed by atoms with E-state index >= 15 is 0 Å². The molecule has 0 atom stereocenters. The number of benzene rings is 3. The lowest BCUT2D eigenvalue weighted by atomic mass is 10.1. The Kier molecular flexibility index (Phi) is 6.40. The summed E-state index contributed by atoms with van der Waals surface area (Å²) in [5, 5.41) is 9.43. The van der Waals surface area contributed by atoms with Crippen LogP contribution in [0.25, 0.3) is 32.8 Å². The zero-order valence-corrected chi connectivity index (χ0v) is 20.2. The molecule has 3 aromatic carbocycles. The number of anilines is 1. The van der Waals surface area contributed by atoms with Crippen LogP contribution in [0.15, 0.2) is 77.8 Å². The summed E-state index contributed by atoms with van der Waals surface area (Å²) in [5.74, 6) is -0.391. The number of para-hydroxylation sites is 2. The third-order valence-corrected chi connectivity index (χ3v) is 6.21. The molecule has 5 rings (SSSR count). The molecule has 36 heavy (non-hydrogen) atoms. The van der Waals surface area contributed by atoms with Crippen molar-refractivity contribution in [3.8, 4) is 0 Å². The van der Waals surface area contributed by atoms with Crippen molar-refractivity contribution in [3.63, 3.8) is 0 Å². The molecule has 0 aliphatic carbocycles. The summed E-state index contributed by atoms with van der Waals surface area (Å²) >= 11 is 0. The zero-order valence-electron chi connectivity index (χ0n) is 20.2. The number of carbonyl (C=O) groups excluding carboxylic acids is 2. The normalized spacial score (nSPS) is 11.8. The fourth-order valence-electron chi connectivity index (χ4n) is 4.47. The van der Waals surface area contributed by atoms with Crippen LogP contribution in [0.5, 0.6) is 0 Å². The number of hydrogen-bond acceptors (Lipinski definition) is 4. The number of amides is 2. The molecule has 182 valence electrons. The van der Waals surface area contributed by atoms with Crippen LogP contribution < -0.4 is 16.0 Å². The van der Waals surface area contributed by atoms with Gasteiger partial charge in [-0.3, -0.25) is 4.99 Å². The number of rotatable bonds is 6. The van der Waals surface area contributed by atoms with E-state index in [1.807, 2.05) is 67.7 Å². The topological polar surface area (TPSA) is 101 Å². The molecule has 0 bridgehead atoms. The van der Waals surface area contributed by atoms with Crippen LogP contribution in [0.4, 0.5) is 10.5 Å². The van der Waals surface area contributed by atoms with Crippen LogP contribution in [-0.4, -0.2) is 41.8 Å². The maximum absolute atomic E-state index is 12.3. The van der Waals surface area contributed by atoms with Crippen molar-refractivity contribution in [1.82, 2.24) is 14.9 Å². The molecule has 0 aliphatic rings. The molecule has 0 saturated heterocycles. The van der Waals surface area contributed by atoms with Crippen molar-refractivity contribution in [2.24, 2.45) is 12.0 Å². The van der Waals surface area contributed by atoms with E-state index in [1.54, 1.807) is 6.07 Å². The number of fused-ring (bicyclic) bond motifs is 4. The van der Waals surface area contributed by atoms with E-state index < -0.39 is 5.97 Å². The number of methoxy groups -OCH3 is 1. The Balaban J connectivity index is 1.49. The van der Waals surface area contributed by atoms with Crippen molar-refractivity contribution in [1.29, 1.82) is 0 Å². The number of pyridine rings is 1. The van der Waals surface area contributed by atoms with E-state index in [4.69, 9.17) is 9.73 Å². The average molecular weight is 482 g/mol. The molecule has 2 amide bonds. The number of nitrogens with one attached hydrogen (secondary N) is 3. The van der Waals surface area contributed by atoms with Gasteiger partial charge in [-0.1, -0.05) is 36.4 Å². The number of aromatic nitrogens is 2. The molecule has 2 aromatic heterocycles. The molecule has 0 spiro atoms. The summed E-state index contributed by atoms with van der Waals surface area (Å²) in [6.07, 6.45) is 0.658. The number of aryl methyl sites for hydroxylation is 1. The Morgan fingerprint density at radius 2 is 1.78 bits per heavy atom. The Morgan fingerprint density at radius 3 is 2.58 bits per heavy atom. The molecule has 0 radical (unpaired) electrons. The van der Waals surface area contributed by atoms with Crippen LogP contribution in [0.3, 0.4) is 0 Å². The van der Waals surface area contributed by atoms with Crippen LogP contribution in [0.1, 0.15) is 16.8 Å². The minimum atomic E-state index is -0.391. The summed E-state index contributed by atoms with van der Waals surface area (Å²) in [6, 6.07) is 22.7. The number of aromatic amines is 1. The molecule has 8 nitrogen and oxygen atoms in total. The predicted molar refractivity (Wildman–Crippen MR) is 142 cm³/mol. The predicted octanol–water partition coefficient (Wildman–Crippen LogP) is 4.71. The Labute approximate surface area is 207 Å². The highest BCUT2D eigenvalue weighted by atomic mass is 16.5. The highest BCUT2D eigenvalue weighted by molar-refractivity contribution is 6.10. The lowest BCUT2D eigenvalue weighted by molar-refractivity contribution is 0.0601. The number of carbonyl (C=O) groups is 2. The van der Waals surface area contributed by atoms with Gasteiger partial charge in [-0.15, -0.1) is 0 Å². The van der Waals surface area contributed by atoms with Crippen molar-refractivity contribution in [3.05, 3.63) is 83.7 Å². The minimum Gasteiger partial charge on any atom is -0.465 e. The summed E-state index contributed by atoms with van der Waals surface area (Å²) < 4.78 is 7.03. The van der Waals surface area contributed by atoms with Gasteiger partial charge in [-0.05, 0) is 42.8 Å². The van der Waals surface area contributed by atoms with Gasteiger partial charge in [0.1, 0.15) is 5.65 Å². The SMILES string of the molecule is COC(=O)c1ccc2c(c1)c(=NCCCNC(=O)Nc1ccccc1)c1c3ccccc3[nH]c1n2C. The number of urea groups is 1. The Morgan fingerprint density at radius 1 is 1.00 bits per heavy atom. The van der Waals surface area contributed by atoms with Gasteiger partial charge in [0.2, 0.25) is 0 Å². The van der Waals surface area contributed by atoms with E-state index in [1.165, 1.54) is 7.11 Å². The molecular formula is C28H27N5O3. The number of ether oxygens (including phenoxy) is 1. The van der Waals surface area contributed by atoms with Gasteiger partial charge in [-0.25, -0.2) is 9.59 Å². The van der Waals surface area contributed by atoms with Gasteiger partial charge < -0.3 is 24.9 Å². The number of nitrogens with zero attached hydrogens (tertiary/aromatic N) is 2. The highest BCUT2D eigenvalue weighted by Gasteiger charge is 2.15. The summed E-state index contributed by atoms with van der Waals surface area (Å²) in [4.78, 5) is 32.9. The van der Waals surface area contributed by atoms with Crippen molar-refractivity contribution < 1.29 is 14.3 Å². The third-order valence-electron chi connectivity index (χ3n) is 6.21. The molecule has 0 unspecified atom stereocenters. The first-order chi connectivity index (χ1) is 17.6. The fourth-order valence-corrected chi connectivity index (χ4v) is 4.47. The van der Waals surface area contributed by atoms with Gasteiger partial charge in [0.15, 0.2) is 0 Å². The number of esters is 1. The molecule has 0 saturated carbocycles. The second-order valence-electron chi connectivity index (χ2n) is 8.51. The van der Waals surface area contributed by atoms with Crippen LogP contribution in [0.2, 0.25) is 0 Å². The molecule has 3 N–H and O–H groups in total. The van der Waals surface area contributed by atoms with Gasteiger partial charge in [0.25, 0.3) is 0 Å². The molecule has 8 heteroatoms. The molecule has 2 heterocycles. The van der Waals surface area contributed by atoms with E-state index in [9.17, 15) is 9.59 Å². The highest BCUT2D eigenvalue weighted by Crippen LogP contribution is 2.26. The average Bonchev–Trinajstić information content (AvgIpc) is 3.30. The smallest absolute Gasteiger partial charge is 0.337 e. The second kappa shape index (κ2) is 9.95. The summed E-state index contributed by atoms with van der Waals surface area (Å²) in [6.45, 7) is 0.983. The molecular weight excluding hydrogens is 454 g/mol. The lowest BCUT2D eigenvalue weighted by Crippen LogP contribution is -2.29. The van der Waals surface area contributed by atoms with Gasteiger partial charge in [0.05, 0.1) is 28.9 Å². The largest absolute Gasteiger partial charge is 0.465 e. The van der Waals surface area contributed by atoms with Crippen LogP contribution in [0, 0.1) is 0 Å². The van der Waals surface area contributed by atoms with Crippen LogP contribution >= 0.6 is 0 Å². The van der Waals surface area contributed by atoms with Gasteiger partial charge in [-0.2, -0.15) is 0 Å². The van der Waals surface area contributed by atoms with E-state index in [-0.39, 0.29) is 6.03 Å². The van der Waals surface area contributed by atoms with E-state index in [0.717, 1.165) is 43.9 Å². The fraction of sp³-hybridized carbons (Fsp3) is 0.179. The van der Waals surface area contributed by atoms with Gasteiger partial charge >= 0.3 is 12.0 Å². The zero-order chi connectivity index (χ0) is 25.1. The summed E-state index contributed by atoms with van der Waals surface area (Å²) in [7, 11) is 3.37. The Bertz CT molecular complexity index is 1650. The minimum absolute atomic E-state index is 0.250. The van der Waals surface area contributed by atoms with Crippen LogP contribution in [-0.2, 0) is 11.8 Å².